The quantitative estimate of drug-likeness (QED) is 0.371. The van der Waals surface area contributed by atoms with Crippen molar-refractivity contribution in [3.05, 3.63) is 106 Å². The van der Waals surface area contributed by atoms with Crippen molar-refractivity contribution in [3.8, 4) is 0 Å². The summed E-state index contributed by atoms with van der Waals surface area (Å²) in [6.45, 7) is 6.93. The second-order valence-electron chi connectivity index (χ2n) is 9.09. The third-order valence-electron chi connectivity index (χ3n) is 6.29. The van der Waals surface area contributed by atoms with Gasteiger partial charge in [-0.1, -0.05) is 74.0 Å². The normalized spacial score (nSPS) is 11.7. The maximum atomic E-state index is 13.7. The fourth-order valence-corrected chi connectivity index (χ4v) is 4.04. The number of benzene rings is 3. The van der Waals surface area contributed by atoms with Gasteiger partial charge in [0, 0.05) is 19.5 Å². The molecule has 2 amide bonds. The van der Waals surface area contributed by atoms with Gasteiger partial charge in [-0.2, -0.15) is 0 Å². The highest BCUT2D eigenvalue weighted by molar-refractivity contribution is 5.88. The molecule has 0 fully saturated rings. The lowest BCUT2D eigenvalue weighted by Crippen LogP contribution is -2.51. The maximum Gasteiger partial charge on any atom is 0.243 e. The number of hydrogen-bond donors (Lipinski definition) is 1. The van der Waals surface area contributed by atoms with Gasteiger partial charge in [-0.25, -0.2) is 4.39 Å². The Kier molecular flexibility index (Phi) is 9.59. The van der Waals surface area contributed by atoms with E-state index < -0.39 is 6.04 Å². The van der Waals surface area contributed by atoms with Crippen LogP contribution in [0.5, 0.6) is 0 Å². The van der Waals surface area contributed by atoms with Crippen LogP contribution in [0, 0.1) is 19.7 Å². The maximum absolute atomic E-state index is 13.7. The number of halogens is 1. The first kappa shape index (κ1) is 26.1. The summed E-state index contributed by atoms with van der Waals surface area (Å²) in [7, 11) is 0. The van der Waals surface area contributed by atoms with E-state index in [9.17, 15) is 14.0 Å². The van der Waals surface area contributed by atoms with Gasteiger partial charge in [-0.3, -0.25) is 9.59 Å². The van der Waals surface area contributed by atoms with E-state index in [1.165, 1.54) is 17.7 Å². The zero-order chi connectivity index (χ0) is 25.2. The smallest absolute Gasteiger partial charge is 0.243 e. The highest BCUT2D eigenvalue weighted by Gasteiger charge is 2.30. The first-order valence-electron chi connectivity index (χ1n) is 12.3. The molecule has 1 N–H and O–H groups in total. The molecule has 0 aliphatic carbocycles. The molecule has 5 heteroatoms. The molecule has 0 radical (unpaired) electrons. The summed E-state index contributed by atoms with van der Waals surface area (Å²) in [4.78, 5) is 28.8. The molecule has 0 bridgehead atoms. The van der Waals surface area contributed by atoms with Crippen molar-refractivity contribution < 1.29 is 14.0 Å². The van der Waals surface area contributed by atoms with E-state index in [2.05, 4.69) is 12.2 Å². The molecule has 3 rings (SSSR count). The number of nitrogens with one attached hydrogen (secondary N) is 1. The SMILES string of the molecule is CCCCNC(=O)[C@H](Cc1ccccc1)N(Cc1ccc(F)cc1)C(=O)Cc1ccc(C)c(C)c1. The lowest BCUT2D eigenvalue weighted by atomic mass is 10.00. The molecule has 1 atom stereocenters. The molecule has 0 unspecified atom stereocenters. The summed E-state index contributed by atoms with van der Waals surface area (Å²) in [6.07, 6.45) is 2.43. The van der Waals surface area contributed by atoms with E-state index >= 15 is 0 Å². The van der Waals surface area contributed by atoms with E-state index in [0.29, 0.717) is 13.0 Å². The van der Waals surface area contributed by atoms with E-state index in [1.54, 1.807) is 17.0 Å². The Bertz CT molecular complexity index is 1110. The van der Waals surface area contributed by atoms with E-state index in [1.807, 2.05) is 62.4 Å². The Morgan fingerprint density at radius 3 is 2.23 bits per heavy atom. The molecule has 0 aromatic heterocycles. The van der Waals surface area contributed by atoms with Crippen molar-refractivity contribution in [3.63, 3.8) is 0 Å². The summed E-state index contributed by atoms with van der Waals surface area (Å²) < 4.78 is 13.5. The molecular weight excluding hydrogens is 439 g/mol. The fourth-order valence-electron chi connectivity index (χ4n) is 4.04. The van der Waals surface area contributed by atoms with Crippen LogP contribution in [-0.2, 0) is 29.0 Å². The molecule has 3 aromatic rings. The monoisotopic (exact) mass is 474 g/mol. The molecule has 0 saturated carbocycles. The van der Waals surface area contributed by atoms with Gasteiger partial charge < -0.3 is 10.2 Å². The number of carbonyl (C=O) groups excluding carboxylic acids is 2. The molecular formula is C30H35FN2O2. The molecule has 0 aliphatic heterocycles. The Hall–Kier alpha value is -3.47. The number of carbonyl (C=O) groups is 2. The molecule has 0 aliphatic rings. The predicted molar refractivity (Wildman–Crippen MR) is 138 cm³/mol. The third kappa shape index (κ3) is 7.78. The average Bonchev–Trinajstić information content (AvgIpc) is 2.85. The van der Waals surface area contributed by atoms with Gasteiger partial charge in [-0.15, -0.1) is 0 Å². The molecule has 0 spiro atoms. The van der Waals surface area contributed by atoms with Crippen molar-refractivity contribution in [1.29, 1.82) is 0 Å². The van der Waals surface area contributed by atoms with E-state index in [0.717, 1.165) is 35.1 Å². The number of hydrogen-bond acceptors (Lipinski definition) is 2. The van der Waals surface area contributed by atoms with E-state index in [4.69, 9.17) is 0 Å². The van der Waals surface area contributed by atoms with Crippen LogP contribution < -0.4 is 5.32 Å². The van der Waals surface area contributed by atoms with Crippen LogP contribution in [0.1, 0.15) is 47.6 Å². The summed E-state index contributed by atoms with van der Waals surface area (Å²) in [5.41, 5.74) is 4.96. The van der Waals surface area contributed by atoms with Crippen molar-refractivity contribution in [2.75, 3.05) is 6.54 Å². The summed E-state index contributed by atoms with van der Waals surface area (Å²) in [5.74, 6) is -0.637. The number of unbranched alkanes of at least 4 members (excludes halogenated alkanes) is 1. The summed E-state index contributed by atoms with van der Waals surface area (Å²) >= 11 is 0. The topological polar surface area (TPSA) is 49.4 Å². The van der Waals surface area contributed by atoms with Gasteiger partial charge >= 0.3 is 0 Å². The van der Waals surface area contributed by atoms with Crippen molar-refractivity contribution in [1.82, 2.24) is 10.2 Å². The lowest BCUT2D eigenvalue weighted by Gasteiger charge is -2.32. The summed E-state index contributed by atoms with van der Waals surface area (Å²) in [5, 5.41) is 3.02. The van der Waals surface area contributed by atoms with Crippen LogP contribution in [0.4, 0.5) is 4.39 Å². The second-order valence-corrected chi connectivity index (χ2v) is 9.09. The number of nitrogens with zero attached hydrogens (tertiary/aromatic N) is 1. The zero-order valence-corrected chi connectivity index (χ0v) is 20.9. The van der Waals surface area contributed by atoms with Gasteiger partial charge in [0.15, 0.2) is 0 Å². The minimum Gasteiger partial charge on any atom is -0.354 e. The van der Waals surface area contributed by atoms with Crippen LogP contribution in [0.25, 0.3) is 0 Å². The molecule has 0 heterocycles. The Morgan fingerprint density at radius 2 is 1.57 bits per heavy atom. The highest BCUT2D eigenvalue weighted by Crippen LogP contribution is 2.18. The van der Waals surface area contributed by atoms with Gasteiger partial charge in [0.2, 0.25) is 11.8 Å². The summed E-state index contributed by atoms with van der Waals surface area (Å²) in [6, 6.07) is 21.2. The minimum absolute atomic E-state index is 0.135. The first-order chi connectivity index (χ1) is 16.9. The Labute approximate surface area is 208 Å². The molecule has 0 saturated heterocycles. The van der Waals surface area contributed by atoms with Crippen LogP contribution in [-0.4, -0.2) is 29.3 Å². The first-order valence-corrected chi connectivity index (χ1v) is 12.3. The Morgan fingerprint density at radius 1 is 0.886 bits per heavy atom. The predicted octanol–water partition coefficient (Wildman–Crippen LogP) is 5.54. The van der Waals surface area contributed by atoms with Gasteiger partial charge in [0.1, 0.15) is 11.9 Å². The Balaban J connectivity index is 1.94. The largest absolute Gasteiger partial charge is 0.354 e. The molecule has 4 nitrogen and oxygen atoms in total. The third-order valence-corrected chi connectivity index (χ3v) is 6.29. The van der Waals surface area contributed by atoms with Crippen LogP contribution in [0.2, 0.25) is 0 Å². The molecule has 184 valence electrons. The molecule has 3 aromatic carbocycles. The average molecular weight is 475 g/mol. The highest BCUT2D eigenvalue weighted by atomic mass is 19.1. The minimum atomic E-state index is -0.682. The lowest BCUT2D eigenvalue weighted by molar-refractivity contribution is -0.140. The van der Waals surface area contributed by atoms with E-state index in [-0.39, 0.29) is 30.6 Å². The van der Waals surface area contributed by atoms with Crippen molar-refractivity contribution in [2.45, 2.75) is 59.0 Å². The van der Waals surface area contributed by atoms with Crippen molar-refractivity contribution >= 4 is 11.8 Å². The van der Waals surface area contributed by atoms with Gasteiger partial charge in [0.25, 0.3) is 0 Å². The fraction of sp³-hybridized carbons (Fsp3) is 0.333. The van der Waals surface area contributed by atoms with Crippen LogP contribution in [0.3, 0.4) is 0 Å². The number of rotatable bonds is 11. The number of aryl methyl sites for hydroxylation is 2. The second kappa shape index (κ2) is 12.8. The van der Waals surface area contributed by atoms with Gasteiger partial charge in [0.05, 0.1) is 6.42 Å². The number of amides is 2. The van der Waals surface area contributed by atoms with Gasteiger partial charge in [-0.05, 0) is 60.2 Å². The van der Waals surface area contributed by atoms with Crippen LogP contribution >= 0.6 is 0 Å². The standard InChI is InChI=1S/C30H35FN2O2/c1-4-5-17-32-30(35)28(19-24-9-7-6-8-10-24)33(21-25-13-15-27(31)16-14-25)29(34)20-26-12-11-22(2)23(3)18-26/h6-16,18,28H,4-5,17,19-21H2,1-3H3,(H,32,35)/t28-/m0/s1. The van der Waals surface area contributed by atoms with Crippen molar-refractivity contribution in [2.24, 2.45) is 0 Å². The van der Waals surface area contributed by atoms with Crippen LogP contribution in [0.15, 0.2) is 72.8 Å². The zero-order valence-electron chi connectivity index (χ0n) is 20.9. The molecule has 35 heavy (non-hydrogen) atoms.